The number of imidazole rings is 1. The molecule has 1 aromatic heterocycles. The average Bonchev–Trinajstić information content (AvgIpc) is 3.04. The van der Waals surface area contributed by atoms with E-state index in [-0.39, 0.29) is 5.41 Å². The van der Waals surface area contributed by atoms with Gasteiger partial charge >= 0.3 is 0 Å². The van der Waals surface area contributed by atoms with Gasteiger partial charge in [-0.2, -0.15) is 0 Å². The molecule has 0 saturated heterocycles. The van der Waals surface area contributed by atoms with Crippen molar-refractivity contribution in [2.45, 2.75) is 38.7 Å². The van der Waals surface area contributed by atoms with Gasteiger partial charge in [-0.15, -0.1) is 0 Å². The van der Waals surface area contributed by atoms with Crippen molar-refractivity contribution in [3.63, 3.8) is 0 Å². The highest BCUT2D eigenvalue weighted by molar-refractivity contribution is 6.35. The molecule has 5 heteroatoms. The van der Waals surface area contributed by atoms with E-state index in [4.69, 9.17) is 23.2 Å². The number of hydrogen-bond acceptors (Lipinski definition) is 2. The van der Waals surface area contributed by atoms with Crippen molar-refractivity contribution in [1.82, 2.24) is 9.97 Å². The van der Waals surface area contributed by atoms with Gasteiger partial charge in [0.1, 0.15) is 5.82 Å². The molecule has 1 aliphatic carbocycles. The molecule has 0 amide bonds. The Morgan fingerprint density at radius 3 is 2.78 bits per heavy atom. The Kier molecular flexibility index (Phi) is 4.30. The van der Waals surface area contributed by atoms with Crippen LogP contribution < -0.4 is 0 Å². The molecule has 3 rings (SSSR count). The summed E-state index contributed by atoms with van der Waals surface area (Å²) in [7, 11) is 0. The normalized spacial score (nSPS) is 25.2. The molecule has 1 heterocycles. The van der Waals surface area contributed by atoms with E-state index in [1.807, 2.05) is 18.2 Å². The van der Waals surface area contributed by atoms with Crippen molar-refractivity contribution in [2.24, 2.45) is 5.41 Å². The molecule has 0 radical (unpaired) electrons. The minimum absolute atomic E-state index is 0.232. The number of H-pyrrole nitrogens is 1. The number of aromatic nitrogens is 2. The van der Waals surface area contributed by atoms with Crippen molar-refractivity contribution in [3.05, 3.63) is 57.6 Å². The van der Waals surface area contributed by atoms with Gasteiger partial charge in [0.15, 0.2) is 0 Å². The average molecular weight is 351 g/mol. The Labute approximate surface area is 146 Å². The van der Waals surface area contributed by atoms with Crippen LogP contribution in [-0.4, -0.2) is 20.7 Å². The number of rotatable bonds is 3. The molecule has 3 nitrogen and oxygen atoms in total. The van der Waals surface area contributed by atoms with Gasteiger partial charge in [-0.3, -0.25) is 0 Å². The van der Waals surface area contributed by atoms with Crippen LogP contribution in [0, 0.1) is 5.41 Å². The third kappa shape index (κ3) is 3.06. The monoisotopic (exact) mass is 350 g/mol. The third-order valence-corrected chi connectivity index (χ3v) is 5.50. The maximum atomic E-state index is 11.5. The number of benzene rings is 1. The van der Waals surface area contributed by atoms with E-state index in [0.717, 1.165) is 29.8 Å². The first-order chi connectivity index (χ1) is 10.8. The number of aromatic amines is 1. The van der Waals surface area contributed by atoms with Crippen LogP contribution in [0.25, 0.3) is 6.08 Å². The smallest absolute Gasteiger partial charge is 0.109 e. The Morgan fingerprint density at radius 1 is 1.35 bits per heavy atom. The molecule has 1 saturated carbocycles. The molecule has 1 fully saturated rings. The molecule has 1 aromatic carbocycles. The van der Waals surface area contributed by atoms with Crippen LogP contribution in [-0.2, 0) is 6.42 Å². The van der Waals surface area contributed by atoms with Gasteiger partial charge < -0.3 is 10.1 Å². The zero-order valence-electron chi connectivity index (χ0n) is 13.2. The SMILES string of the molecule is CC1(C)CCC(=Cc2ccc(Cl)cc2Cl)C1(O)Cc1ncc[nH]1. The number of halogens is 2. The number of hydrogen-bond donors (Lipinski definition) is 2. The van der Waals surface area contributed by atoms with E-state index >= 15 is 0 Å². The lowest BCUT2D eigenvalue weighted by Gasteiger charge is -2.37. The second-order valence-electron chi connectivity index (χ2n) is 6.79. The zero-order valence-corrected chi connectivity index (χ0v) is 14.7. The lowest BCUT2D eigenvalue weighted by atomic mass is 9.74. The van der Waals surface area contributed by atoms with Crippen LogP contribution in [0.3, 0.4) is 0 Å². The molecule has 0 spiro atoms. The van der Waals surface area contributed by atoms with Gasteiger partial charge in [0, 0.05) is 28.9 Å². The van der Waals surface area contributed by atoms with Crippen LogP contribution in [0.5, 0.6) is 0 Å². The Hall–Kier alpha value is -1.29. The highest BCUT2D eigenvalue weighted by Gasteiger charge is 2.51. The first kappa shape index (κ1) is 16.6. The van der Waals surface area contributed by atoms with E-state index < -0.39 is 5.60 Å². The Morgan fingerprint density at radius 2 is 2.13 bits per heavy atom. The molecular weight excluding hydrogens is 331 g/mol. The summed E-state index contributed by atoms with van der Waals surface area (Å²) in [4.78, 5) is 7.36. The Balaban J connectivity index is 2.01. The summed E-state index contributed by atoms with van der Waals surface area (Å²) >= 11 is 12.2. The van der Waals surface area contributed by atoms with Crippen molar-refractivity contribution in [2.75, 3.05) is 0 Å². The summed E-state index contributed by atoms with van der Waals surface area (Å²) in [6.45, 7) is 4.19. The van der Waals surface area contributed by atoms with Crippen LogP contribution in [0.1, 0.15) is 38.1 Å². The summed E-state index contributed by atoms with van der Waals surface area (Å²) in [6.07, 6.45) is 7.70. The van der Waals surface area contributed by atoms with Gasteiger partial charge in [0.25, 0.3) is 0 Å². The van der Waals surface area contributed by atoms with Gasteiger partial charge in [-0.1, -0.05) is 49.2 Å². The lowest BCUT2D eigenvalue weighted by molar-refractivity contribution is -0.0139. The largest absolute Gasteiger partial charge is 0.384 e. The minimum atomic E-state index is -0.951. The second kappa shape index (κ2) is 5.97. The van der Waals surface area contributed by atoms with E-state index in [9.17, 15) is 5.11 Å². The van der Waals surface area contributed by atoms with Crippen LogP contribution in [0.2, 0.25) is 10.0 Å². The van der Waals surface area contributed by atoms with E-state index in [1.54, 1.807) is 18.5 Å². The summed E-state index contributed by atoms with van der Waals surface area (Å²) in [6, 6.07) is 5.42. The standard InChI is InChI=1S/C18H20Cl2N2O/c1-17(2)6-5-13(9-12-3-4-14(19)10-15(12)20)18(17,23)11-16-21-7-8-22-16/h3-4,7-10,23H,5-6,11H2,1-2H3,(H,21,22). The van der Waals surface area contributed by atoms with Crippen molar-refractivity contribution in [3.8, 4) is 0 Å². The van der Waals surface area contributed by atoms with E-state index in [0.29, 0.717) is 16.5 Å². The molecule has 2 N–H and O–H groups in total. The fourth-order valence-electron chi connectivity index (χ4n) is 3.28. The molecule has 1 unspecified atom stereocenters. The summed E-state index contributed by atoms with van der Waals surface area (Å²) in [5.74, 6) is 0.788. The molecule has 0 bridgehead atoms. The van der Waals surface area contributed by atoms with Gasteiger partial charge in [0.2, 0.25) is 0 Å². The molecule has 122 valence electrons. The summed E-state index contributed by atoms with van der Waals surface area (Å²) in [5, 5.41) is 12.7. The molecular formula is C18H20Cl2N2O. The van der Waals surface area contributed by atoms with Crippen LogP contribution in [0.4, 0.5) is 0 Å². The van der Waals surface area contributed by atoms with Gasteiger partial charge in [-0.05, 0) is 41.5 Å². The number of nitrogens with zero attached hydrogens (tertiary/aromatic N) is 1. The highest BCUT2D eigenvalue weighted by atomic mass is 35.5. The maximum Gasteiger partial charge on any atom is 0.109 e. The van der Waals surface area contributed by atoms with Crippen molar-refractivity contribution >= 4 is 29.3 Å². The van der Waals surface area contributed by atoms with Crippen molar-refractivity contribution in [1.29, 1.82) is 0 Å². The predicted octanol–water partition coefficient (Wildman–Crippen LogP) is 4.89. The maximum absolute atomic E-state index is 11.5. The molecule has 1 atom stereocenters. The fraction of sp³-hybridized carbons (Fsp3) is 0.389. The molecule has 2 aromatic rings. The van der Waals surface area contributed by atoms with E-state index in [2.05, 4.69) is 23.8 Å². The first-order valence-corrected chi connectivity index (χ1v) is 8.44. The highest BCUT2D eigenvalue weighted by Crippen LogP contribution is 2.51. The predicted molar refractivity (Wildman–Crippen MR) is 94.7 cm³/mol. The van der Waals surface area contributed by atoms with Crippen LogP contribution >= 0.6 is 23.2 Å². The van der Waals surface area contributed by atoms with Gasteiger partial charge in [-0.25, -0.2) is 4.98 Å². The van der Waals surface area contributed by atoms with E-state index in [1.165, 1.54) is 0 Å². The number of nitrogens with one attached hydrogen (secondary N) is 1. The topological polar surface area (TPSA) is 48.9 Å². The molecule has 1 aliphatic rings. The summed E-state index contributed by atoms with van der Waals surface area (Å²) in [5.41, 5.74) is 0.683. The van der Waals surface area contributed by atoms with Gasteiger partial charge in [0.05, 0.1) is 5.60 Å². The quantitative estimate of drug-likeness (QED) is 0.827. The fourth-order valence-corrected chi connectivity index (χ4v) is 3.75. The molecule has 0 aliphatic heterocycles. The number of aliphatic hydroxyl groups is 1. The lowest BCUT2D eigenvalue weighted by Crippen LogP contribution is -2.43. The zero-order chi connectivity index (χ0) is 16.7. The molecule has 23 heavy (non-hydrogen) atoms. The minimum Gasteiger partial charge on any atom is -0.384 e. The Bertz CT molecular complexity index is 737. The third-order valence-electron chi connectivity index (χ3n) is 4.94. The van der Waals surface area contributed by atoms with Crippen LogP contribution in [0.15, 0.2) is 36.2 Å². The van der Waals surface area contributed by atoms with Crippen molar-refractivity contribution < 1.29 is 5.11 Å². The summed E-state index contributed by atoms with van der Waals surface area (Å²) < 4.78 is 0. The first-order valence-electron chi connectivity index (χ1n) is 7.68. The second-order valence-corrected chi connectivity index (χ2v) is 7.64.